The zero-order valence-electron chi connectivity index (χ0n) is 13.1. The van der Waals surface area contributed by atoms with E-state index in [1.165, 1.54) is 0 Å². The van der Waals surface area contributed by atoms with Crippen LogP contribution in [0.5, 0.6) is 0 Å². The molecule has 0 bridgehead atoms. The lowest BCUT2D eigenvalue weighted by Crippen LogP contribution is -2.33. The zero-order chi connectivity index (χ0) is 16.1. The summed E-state index contributed by atoms with van der Waals surface area (Å²) in [6.07, 6.45) is 0. The number of amides is 2. The lowest BCUT2D eigenvalue weighted by atomic mass is 10.1. The molecular formula is C18H20N2O2. The maximum Gasteiger partial charge on any atom is 0.251 e. The van der Waals surface area contributed by atoms with Gasteiger partial charge in [0.2, 0.25) is 5.91 Å². The van der Waals surface area contributed by atoms with Gasteiger partial charge in [0.15, 0.2) is 0 Å². The fourth-order valence-electron chi connectivity index (χ4n) is 2.11. The normalized spacial score (nSPS) is 10.1. The predicted molar refractivity (Wildman–Crippen MR) is 88.1 cm³/mol. The molecule has 0 saturated heterocycles. The summed E-state index contributed by atoms with van der Waals surface area (Å²) in [5.74, 6) is -0.491. The van der Waals surface area contributed by atoms with Crippen molar-refractivity contribution < 1.29 is 9.59 Å². The van der Waals surface area contributed by atoms with Gasteiger partial charge in [-0.15, -0.1) is 0 Å². The highest BCUT2D eigenvalue weighted by molar-refractivity contribution is 5.99. The molecule has 0 unspecified atom stereocenters. The van der Waals surface area contributed by atoms with E-state index in [2.05, 4.69) is 10.6 Å². The highest BCUT2D eigenvalue weighted by atomic mass is 16.2. The molecule has 0 radical (unpaired) electrons. The molecule has 0 fully saturated rings. The van der Waals surface area contributed by atoms with Crippen molar-refractivity contribution in [3.63, 3.8) is 0 Å². The Morgan fingerprint density at radius 3 is 2.41 bits per heavy atom. The number of benzene rings is 2. The van der Waals surface area contributed by atoms with E-state index in [0.29, 0.717) is 5.56 Å². The summed E-state index contributed by atoms with van der Waals surface area (Å²) < 4.78 is 0. The molecule has 0 aliphatic rings. The van der Waals surface area contributed by atoms with Crippen LogP contribution in [0.3, 0.4) is 0 Å². The number of carbonyl (C=O) groups is 2. The molecule has 2 amide bonds. The van der Waals surface area contributed by atoms with Crippen molar-refractivity contribution in [1.29, 1.82) is 0 Å². The second-order valence-corrected chi connectivity index (χ2v) is 5.42. The first-order chi connectivity index (χ1) is 10.5. The molecule has 0 aliphatic carbocycles. The highest BCUT2D eigenvalue weighted by Crippen LogP contribution is 2.15. The number of nitrogens with one attached hydrogen (secondary N) is 2. The van der Waals surface area contributed by atoms with Gasteiger partial charge in [0.05, 0.1) is 6.54 Å². The van der Waals surface area contributed by atoms with E-state index in [-0.39, 0.29) is 18.4 Å². The molecule has 0 aromatic heterocycles. The van der Waals surface area contributed by atoms with Crippen molar-refractivity contribution in [3.05, 3.63) is 64.7 Å². The first-order valence-electron chi connectivity index (χ1n) is 7.17. The van der Waals surface area contributed by atoms with Gasteiger partial charge in [0.1, 0.15) is 0 Å². The minimum Gasteiger partial charge on any atom is -0.343 e. The summed E-state index contributed by atoms with van der Waals surface area (Å²) in [5, 5.41) is 5.44. The Kier molecular flexibility index (Phi) is 4.94. The largest absolute Gasteiger partial charge is 0.343 e. The number of anilines is 1. The molecular weight excluding hydrogens is 276 g/mol. The molecule has 4 heteroatoms. The minimum atomic E-state index is -0.250. The van der Waals surface area contributed by atoms with Crippen LogP contribution in [0.4, 0.5) is 5.69 Å². The fourth-order valence-corrected chi connectivity index (χ4v) is 2.11. The summed E-state index contributed by atoms with van der Waals surface area (Å²) >= 11 is 0. The van der Waals surface area contributed by atoms with Crippen molar-refractivity contribution >= 4 is 17.5 Å². The van der Waals surface area contributed by atoms with Crippen LogP contribution in [0, 0.1) is 20.8 Å². The third-order valence-electron chi connectivity index (χ3n) is 3.36. The summed E-state index contributed by atoms with van der Waals surface area (Å²) in [5.41, 5.74) is 4.40. The van der Waals surface area contributed by atoms with Crippen LogP contribution >= 0.6 is 0 Å². The molecule has 0 spiro atoms. The van der Waals surface area contributed by atoms with E-state index in [1.54, 1.807) is 12.1 Å². The van der Waals surface area contributed by atoms with Crippen molar-refractivity contribution in [1.82, 2.24) is 5.32 Å². The summed E-state index contributed by atoms with van der Waals surface area (Å²) in [4.78, 5) is 23.9. The van der Waals surface area contributed by atoms with Crippen LogP contribution in [0.25, 0.3) is 0 Å². The molecule has 0 heterocycles. The van der Waals surface area contributed by atoms with Crippen molar-refractivity contribution in [2.75, 3.05) is 11.9 Å². The quantitative estimate of drug-likeness (QED) is 0.911. The number of hydrogen-bond acceptors (Lipinski definition) is 2. The lowest BCUT2D eigenvalue weighted by Gasteiger charge is -2.10. The molecule has 114 valence electrons. The monoisotopic (exact) mass is 296 g/mol. The Hall–Kier alpha value is -2.62. The Bertz CT molecular complexity index is 708. The first-order valence-corrected chi connectivity index (χ1v) is 7.17. The molecule has 0 aliphatic heterocycles. The molecule has 4 nitrogen and oxygen atoms in total. The average Bonchev–Trinajstić information content (AvgIpc) is 2.48. The van der Waals surface area contributed by atoms with Gasteiger partial charge in [-0.05, 0) is 50.1 Å². The molecule has 0 atom stereocenters. The summed E-state index contributed by atoms with van der Waals surface area (Å²) in [7, 11) is 0. The first kappa shape index (κ1) is 15.8. The van der Waals surface area contributed by atoms with E-state index in [4.69, 9.17) is 0 Å². The molecule has 0 saturated carbocycles. The molecule has 22 heavy (non-hydrogen) atoms. The van der Waals surface area contributed by atoms with Gasteiger partial charge >= 0.3 is 0 Å². The van der Waals surface area contributed by atoms with E-state index in [0.717, 1.165) is 22.4 Å². The van der Waals surface area contributed by atoms with Crippen LogP contribution in [0.2, 0.25) is 0 Å². The molecule has 2 aromatic carbocycles. The maximum atomic E-state index is 12.0. The lowest BCUT2D eigenvalue weighted by molar-refractivity contribution is -0.115. The van der Waals surface area contributed by atoms with Crippen molar-refractivity contribution in [2.24, 2.45) is 0 Å². The van der Waals surface area contributed by atoms with Crippen LogP contribution < -0.4 is 10.6 Å². The van der Waals surface area contributed by atoms with E-state index >= 15 is 0 Å². The summed E-state index contributed by atoms with van der Waals surface area (Å²) in [6, 6.07) is 13.1. The smallest absolute Gasteiger partial charge is 0.251 e. The van der Waals surface area contributed by atoms with Crippen molar-refractivity contribution in [2.45, 2.75) is 20.8 Å². The predicted octanol–water partition coefficient (Wildman–Crippen LogP) is 2.98. The van der Waals surface area contributed by atoms with Gasteiger partial charge < -0.3 is 10.6 Å². The van der Waals surface area contributed by atoms with E-state index in [1.807, 2.05) is 51.1 Å². The number of carbonyl (C=O) groups excluding carboxylic acids is 2. The van der Waals surface area contributed by atoms with Gasteiger partial charge in [0.25, 0.3) is 5.91 Å². The van der Waals surface area contributed by atoms with Gasteiger partial charge in [-0.2, -0.15) is 0 Å². The maximum absolute atomic E-state index is 12.0. The standard InChI is InChI=1S/C18H20N2O2/c1-12-5-4-6-15(9-12)18(22)19-11-17(21)20-16-10-13(2)7-8-14(16)3/h4-10H,11H2,1-3H3,(H,19,22)(H,20,21). The molecule has 2 aromatic rings. The minimum absolute atomic E-state index is 0.0554. The van der Waals surface area contributed by atoms with Gasteiger partial charge in [0, 0.05) is 11.3 Å². The van der Waals surface area contributed by atoms with Crippen molar-refractivity contribution in [3.8, 4) is 0 Å². The van der Waals surface area contributed by atoms with Gasteiger partial charge in [-0.1, -0.05) is 29.8 Å². The Balaban J connectivity index is 1.93. The van der Waals surface area contributed by atoms with Gasteiger partial charge in [-0.25, -0.2) is 0 Å². The van der Waals surface area contributed by atoms with Crippen LogP contribution in [0.1, 0.15) is 27.0 Å². The number of hydrogen-bond donors (Lipinski definition) is 2. The number of rotatable bonds is 4. The Morgan fingerprint density at radius 2 is 1.68 bits per heavy atom. The average molecular weight is 296 g/mol. The third-order valence-corrected chi connectivity index (χ3v) is 3.36. The van der Waals surface area contributed by atoms with E-state index in [9.17, 15) is 9.59 Å². The van der Waals surface area contributed by atoms with Crippen LogP contribution in [-0.4, -0.2) is 18.4 Å². The Morgan fingerprint density at radius 1 is 0.955 bits per heavy atom. The molecule has 2 N–H and O–H groups in total. The van der Waals surface area contributed by atoms with Crippen LogP contribution in [-0.2, 0) is 4.79 Å². The Labute approximate surface area is 130 Å². The number of aryl methyl sites for hydroxylation is 3. The third kappa shape index (κ3) is 4.19. The highest BCUT2D eigenvalue weighted by Gasteiger charge is 2.09. The summed E-state index contributed by atoms with van der Waals surface area (Å²) in [6.45, 7) is 5.76. The van der Waals surface area contributed by atoms with Crippen LogP contribution in [0.15, 0.2) is 42.5 Å². The zero-order valence-corrected chi connectivity index (χ0v) is 13.1. The fraction of sp³-hybridized carbons (Fsp3) is 0.222. The van der Waals surface area contributed by atoms with E-state index < -0.39 is 0 Å². The second-order valence-electron chi connectivity index (χ2n) is 5.42. The molecule has 2 rings (SSSR count). The van der Waals surface area contributed by atoms with Gasteiger partial charge in [-0.3, -0.25) is 9.59 Å². The SMILES string of the molecule is Cc1cccc(C(=O)NCC(=O)Nc2cc(C)ccc2C)c1. The second kappa shape index (κ2) is 6.89. The topological polar surface area (TPSA) is 58.2 Å².